The number of fused-ring (bicyclic) bond motifs is 1. The fourth-order valence-electron chi connectivity index (χ4n) is 2.79. The van der Waals surface area contributed by atoms with Crippen LogP contribution in [-0.2, 0) is 0 Å². The normalized spacial score (nSPS) is 12.2. The number of carbonyl (C=O) groups excluding carboxylic acids is 1. The minimum Gasteiger partial charge on any atom is -0.497 e. The average Bonchev–Trinajstić information content (AvgIpc) is 2.74. The van der Waals surface area contributed by atoms with Crippen molar-refractivity contribution in [2.45, 2.75) is 0 Å². The molecule has 4 rings (SSSR count). The minimum absolute atomic E-state index is 0.299. The molecule has 2 aromatic carbocycles. The first-order chi connectivity index (χ1) is 13.7. The van der Waals surface area contributed by atoms with E-state index in [2.05, 4.69) is 15.6 Å². The molecule has 0 atom stereocenters. The van der Waals surface area contributed by atoms with Gasteiger partial charge >= 0.3 is 0 Å². The van der Waals surface area contributed by atoms with Gasteiger partial charge in [-0.3, -0.25) is 9.78 Å². The zero-order valence-corrected chi connectivity index (χ0v) is 15.3. The van der Waals surface area contributed by atoms with E-state index < -0.39 is 0 Å². The van der Waals surface area contributed by atoms with Crippen LogP contribution in [0.25, 0.3) is 0 Å². The van der Waals surface area contributed by atoms with Crippen LogP contribution in [0.5, 0.6) is 17.2 Å². The van der Waals surface area contributed by atoms with Crippen LogP contribution < -0.4 is 24.8 Å². The summed E-state index contributed by atoms with van der Waals surface area (Å²) in [5, 5.41) is 6.08. The van der Waals surface area contributed by atoms with E-state index in [4.69, 9.17) is 14.2 Å². The van der Waals surface area contributed by atoms with Gasteiger partial charge in [0, 0.05) is 29.3 Å². The molecule has 7 nitrogen and oxygen atoms in total. The standard InChI is InChI=1S/C21H19N3O4/c1-26-17-5-2-14(3-6-17)23-16-8-9-22-18(12-16)21(25)24-15-4-7-19-20(13-15)28-11-10-27-19/h2-9,12-13H,10-11H2,1H3,(H,22,23)(H,24,25). The molecule has 28 heavy (non-hydrogen) atoms. The molecule has 3 aromatic rings. The molecular weight excluding hydrogens is 358 g/mol. The van der Waals surface area contributed by atoms with Crippen LogP contribution >= 0.6 is 0 Å². The summed E-state index contributed by atoms with van der Waals surface area (Å²) >= 11 is 0. The maximum absolute atomic E-state index is 12.6. The monoisotopic (exact) mass is 377 g/mol. The Bertz CT molecular complexity index is 989. The molecule has 1 aliphatic heterocycles. The van der Waals surface area contributed by atoms with E-state index in [1.807, 2.05) is 24.3 Å². The van der Waals surface area contributed by atoms with Gasteiger partial charge in [-0.05, 0) is 48.5 Å². The molecular formula is C21H19N3O4. The molecule has 0 unspecified atom stereocenters. The number of anilines is 3. The van der Waals surface area contributed by atoms with Crippen molar-refractivity contribution in [3.05, 3.63) is 66.5 Å². The molecule has 2 heterocycles. The SMILES string of the molecule is COc1ccc(Nc2ccnc(C(=O)Nc3ccc4c(c3)OCCO4)c2)cc1. The second-order valence-corrected chi connectivity index (χ2v) is 6.10. The van der Waals surface area contributed by atoms with Crippen LogP contribution in [0.3, 0.4) is 0 Å². The highest BCUT2D eigenvalue weighted by Gasteiger charge is 2.14. The van der Waals surface area contributed by atoms with Crippen LogP contribution in [0, 0.1) is 0 Å². The topological polar surface area (TPSA) is 81.7 Å². The van der Waals surface area contributed by atoms with Crippen LogP contribution in [0.2, 0.25) is 0 Å². The Morgan fingerprint density at radius 1 is 0.929 bits per heavy atom. The van der Waals surface area contributed by atoms with Crippen molar-refractivity contribution in [1.29, 1.82) is 0 Å². The number of methoxy groups -OCH3 is 1. The van der Waals surface area contributed by atoms with Crippen LogP contribution in [0.1, 0.15) is 10.5 Å². The smallest absolute Gasteiger partial charge is 0.274 e. The van der Waals surface area contributed by atoms with Crippen LogP contribution in [0.4, 0.5) is 17.1 Å². The van der Waals surface area contributed by atoms with Crippen LogP contribution in [0.15, 0.2) is 60.8 Å². The first-order valence-electron chi connectivity index (χ1n) is 8.79. The van der Waals surface area contributed by atoms with Crippen molar-refractivity contribution in [3.63, 3.8) is 0 Å². The lowest BCUT2D eigenvalue weighted by atomic mass is 10.2. The van der Waals surface area contributed by atoms with E-state index in [1.165, 1.54) is 0 Å². The molecule has 0 saturated carbocycles. The van der Waals surface area contributed by atoms with Gasteiger partial charge in [-0.15, -0.1) is 0 Å². The Kier molecular flexibility index (Phi) is 4.97. The largest absolute Gasteiger partial charge is 0.497 e. The predicted molar refractivity (Wildman–Crippen MR) is 106 cm³/mol. The van der Waals surface area contributed by atoms with Gasteiger partial charge < -0.3 is 24.8 Å². The fourth-order valence-corrected chi connectivity index (χ4v) is 2.79. The molecule has 0 aliphatic carbocycles. The lowest BCUT2D eigenvalue weighted by molar-refractivity contribution is 0.102. The Labute approximate surface area is 162 Å². The van der Waals surface area contributed by atoms with Gasteiger partial charge in [0.1, 0.15) is 24.7 Å². The number of rotatable bonds is 5. The lowest BCUT2D eigenvalue weighted by Crippen LogP contribution is -2.17. The maximum atomic E-state index is 12.6. The first kappa shape index (κ1) is 17.7. The molecule has 0 saturated heterocycles. The maximum Gasteiger partial charge on any atom is 0.274 e. The van der Waals surface area contributed by atoms with E-state index in [1.54, 1.807) is 43.6 Å². The number of carbonyl (C=O) groups is 1. The predicted octanol–water partition coefficient (Wildman–Crippen LogP) is 3.86. The number of benzene rings is 2. The number of aromatic nitrogens is 1. The molecule has 0 fully saturated rings. The van der Waals surface area contributed by atoms with Gasteiger partial charge in [-0.25, -0.2) is 0 Å². The molecule has 1 amide bonds. The minimum atomic E-state index is -0.310. The zero-order valence-electron chi connectivity index (χ0n) is 15.3. The number of ether oxygens (including phenoxy) is 3. The molecule has 1 aliphatic rings. The molecule has 2 N–H and O–H groups in total. The van der Waals surface area contributed by atoms with Gasteiger partial charge in [0.2, 0.25) is 0 Å². The number of amides is 1. The first-order valence-corrected chi connectivity index (χ1v) is 8.79. The van der Waals surface area contributed by atoms with Gasteiger partial charge in [0.25, 0.3) is 5.91 Å². The van der Waals surface area contributed by atoms with Gasteiger partial charge in [-0.1, -0.05) is 0 Å². The Morgan fingerprint density at radius 3 is 2.46 bits per heavy atom. The second-order valence-electron chi connectivity index (χ2n) is 6.10. The molecule has 7 heteroatoms. The average molecular weight is 377 g/mol. The molecule has 0 spiro atoms. The summed E-state index contributed by atoms with van der Waals surface area (Å²) in [5.41, 5.74) is 2.55. The van der Waals surface area contributed by atoms with Crippen molar-refractivity contribution in [3.8, 4) is 17.2 Å². The third-order valence-corrected chi connectivity index (χ3v) is 4.17. The van der Waals surface area contributed by atoms with Crippen molar-refractivity contribution in [1.82, 2.24) is 4.98 Å². The highest BCUT2D eigenvalue weighted by molar-refractivity contribution is 6.03. The summed E-state index contributed by atoms with van der Waals surface area (Å²) in [6.45, 7) is 1.02. The quantitative estimate of drug-likeness (QED) is 0.703. The van der Waals surface area contributed by atoms with E-state index in [0.29, 0.717) is 36.1 Å². The molecule has 142 valence electrons. The summed E-state index contributed by atoms with van der Waals surface area (Å²) in [7, 11) is 1.62. The molecule has 1 aromatic heterocycles. The summed E-state index contributed by atoms with van der Waals surface area (Å²) in [6.07, 6.45) is 1.59. The number of pyridine rings is 1. The van der Waals surface area contributed by atoms with E-state index in [-0.39, 0.29) is 5.91 Å². The summed E-state index contributed by atoms with van der Waals surface area (Å²) < 4.78 is 16.2. The Morgan fingerprint density at radius 2 is 1.68 bits per heavy atom. The van der Waals surface area contributed by atoms with Gasteiger partial charge in [0.15, 0.2) is 11.5 Å². The highest BCUT2D eigenvalue weighted by Crippen LogP contribution is 2.32. The number of nitrogens with one attached hydrogen (secondary N) is 2. The summed E-state index contributed by atoms with van der Waals surface area (Å²) in [5.74, 6) is 1.76. The zero-order chi connectivity index (χ0) is 19.3. The van der Waals surface area contributed by atoms with E-state index >= 15 is 0 Å². The Hall–Kier alpha value is -3.74. The van der Waals surface area contributed by atoms with Crippen molar-refractivity contribution >= 4 is 23.0 Å². The number of hydrogen-bond donors (Lipinski definition) is 2. The van der Waals surface area contributed by atoms with Crippen molar-refractivity contribution in [2.24, 2.45) is 0 Å². The van der Waals surface area contributed by atoms with Gasteiger partial charge in [0.05, 0.1) is 7.11 Å². The number of hydrogen-bond acceptors (Lipinski definition) is 6. The molecule has 0 radical (unpaired) electrons. The van der Waals surface area contributed by atoms with Crippen molar-refractivity contribution in [2.75, 3.05) is 31.0 Å². The van der Waals surface area contributed by atoms with E-state index in [0.717, 1.165) is 17.1 Å². The van der Waals surface area contributed by atoms with Crippen molar-refractivity contribution < 1.29 is 19.0 Å². The van der Waals surface area contributed by atoms with E-state index in [9.17, 15) is 4.79 Å². The van der Waals surface area contributed by atoms with Crippen LogP contribution in [-0.4, -0.2) is 31.2 Å². The third-order valence-electron chi connectivity index (χ3n) is 4.17. The number of nitrogens with zero attached hydrogens (tertiary/aromatic N) is 1. The highest BCUT2D eigenvalue weighted by atomic mass is 16.6. The summed E-state index contributed by atoms with van der Waals surface area (Å²) in [6, 6.07) is 16.3. The fraction of sp³-hybridized carbons (Fsp3) is 0.143. The lowest BCUT2D eigenvalue weighted by Gasteiger charge is -2.19. The molecule has 0 bridgehead atoms. The summed E-state index contributed by atoms with van der Waals surface area (Å²) in [4.78, 5) is 16.7. The second kappa shape index (κ2) is 7.87. The third kappa shape index (κ3) is 3.98. The Balaban J connectivity index is 1.46. The van der Waals surface area contributed by atoms with Gasteiger partial charge in [-0.2, -0.15) is 0 Å².